The van der Waals surface area contributed by atoms with Gasteiger partial charge in [0, 0.05) is 19.6 Å². The number of rotatable bonds is 6. The van der Waals surface area contributed by atoms with E-state index >= 15 is 0 Å². The molecule has 80 valence electrons. The highest BCUT2D eigenvalue weighted by atomic mass is 16.5. The van der Waals surface area contributed by atoms with Gasteiger partial charge in [-0.05, 0) is 12.0 Å². The third kappa shape index (κ3) is 4.05. The lowest BCUT2D eigenvalue weighted by molar-refractivity contribution is 0.140. The Kier molecular flexibility index (Phi) is 5.52. The minimum absolute atomic E-state index is 0.196. The molecular formula is C11H19NO2. The van der Waals surface area contributed by atoms with E-state index in [9.17, 15) is 0 Å². The van der Waals surface area contributed by atoms with E-state index in [0.29, 0.717) is 6.54 Å². The van der Waals surface area contributed by atoms with Crippen LogP contribution in [-0.2, 0) is 4.74 Å². The van der Waals surface area contributed by atoms with Crippen LogP contribution in [0, 0.1) is 0 Å². The van der Waals surface area contributed by atoms with Gasteiger partial charge in [0.15, 0.2) is 0 Å². The van der Waals surface area contributed by atoms with Crippen LogP contribution < -0.4 is 0 Å². The first kappa shape index (κ1) is 11.4. The SMILES string of the molecule is C=CCN(CCO)CC1=CCCOC1. The molecule has 1 aliphatic rings. The van der Waals surface area contributed by atoms with Crippen molar-refractivity contribution in [3.63, 3.8) is 0 Å². The minimum Gasteiger partial charge on any atom is -0.395 e. The number of hydrogen-bond acceptors (Lipinski definition) is 3. The zero-order chi connectivity index (χ0) is 10.2. The largest absolute Gasteiger partial charge is 0.395 e. The molecular weight excluding hydrogens is 178 g/mol. The predicted molar refractivity (Wildman–Crippen MR) is 57.2 cm³/mol. The molecule has 14 heavy (non-hydrogen) atoms. The number of ether oxygens (including phenoxy) is 1. The predicted octanol–water partition coefficient (Wildman–Crippen LogP) is 0.813. The zero-order valence-electron chi connectivity index (χ0n) is 8.61. The number of hydrogen-bond donors (Lipinski definition) is 1. The molecule has 1 N–H and O–H groups in total. The van der Waals surface area contributed by atoms with Gasteiger partial charge in [0.25, 0.3) is 0 Å². The van der Waals surface area contributed by atoms with Crippen molar-refractivity contribution in [2.75, 3.05) is 39.5 Å². The van der Waals surface area contributed by atoms with Crippen molar-refractivity contribution in [2.45, 2.75) is 6.42 Å². The van der Waals surface area contributed by atoms with Gasteiger partial charge >= 0.3 is 0 Å². The second kappa shape index (κ2) is 6.76. The van der Waals surface area contributed by atoms with E-state index in [4.69, 9.17) is 9.84 Å². The summed E-state index contributed by atoms with van der Waals surface area (Å²) in [6.07, 6.45) is 5.10. The molecule has 0 radical (unpaired) electrons. The second-order valence-electron chi connectivity index (χ2n) is 3.45. The van der Waals surface area contributed by atoms with Crippen molar-refractivity contribution >= 4 is 0 Å². The lowest BCUT2D eigenvalue weighted by Crippen LogP contribution is -2.30. The molecule has 1 aliphatic heterocycles. The Labute approximate surface area is 85.7 Å². The molecule has 3 heteroatoms. The number of aliphatic hydroxyl groups excluding tert-OH is 1. The van der Waals surface area contributed by atoms with Crippen LogP contribution in [0.3, 0.4) is 0 Å². The van der Waals surface area contributed by atoms with Crippen molar-refractivity contribution in [1.29, 1.82) is 0 Å². The van der Waals surface area contributed by atoms with E-state index in [2.05, 4.69) is 17.6 Å². The van der Waals surface area contributed by atoms with Crippen LogP contribution in [0.25, 0.3) is 0 Å². The lowest BCUT2D eigenvalue weighted by Gasteiger charge is -2.23. The van der Waals surface area contributed by atoms with Crippen molar-refractivity contribution in [1.82, 2.24) is 4.90 Å². The molecule has 0 fully saturated rings. The summed E-state index contributed by atoms with van der Waals surface area (Å²) < 4.78 is 5.36. The summed E-state index contributed by atoms with van der Waals surface area (Å²) in [5.41, 5.74) is 1.31. The Bertz CT molecular complexity index is 201. The van der Waals surface area contributed by atoms with Crippen LogP contribution in [0.15, 0.2) is 24.3 Å². The maximum atomic E-state index is 8.87. The first-order valence-corrected chi connectivity index (χ1v) is 5.06. The van der Waals surface area contributed by atoms with Crippen LogP contribution in [0.5, 0.6) is 0 Å². The number of aliphatic hydroxyl groups is 1. The summed E-state index contributed by atoms with van der Waals surface area (Å²) in [5, 5.41) is 8.87. The van der Waals surface area contributed by atoms with Gasteiger partial charge in [0.2, 0.25) is 0 Å². The highest BCUT2D eigenvalue weighted by Crippen LogP contribution is 2.07. The molecule has 0 aromatic heterocycles. The Morgan fingerprint density at radius 3 is 3.07 bits per heavy atom. The van der Waals surface area contributed by atoms with E-state index in [0.717, 1.165) is 32.7 Å². The van der Waals surface area contributed by atoms with E-state index in [1.807, 2.05) is 6.08 Å². The van der Waals surface area contributed by atoms with Crippen molar-refractivity contribution in [2.24, 2.45) is 0 Å². The Balaban J connectivity index is 2.36. The lowest BCUT2D eigenvalue weighted by atomic mass is 10.2. The van der Waals surface area contributed by atoms with Crippen molar-refractivity contribution in [3.8, 4) is 0 Å². The van der Waals surface area contributed by atoms with Crippen molar-refractivity contribution < 1.29 is 9.84 Å². The Hall–Kier alpha value is -0.640. The van der Waals surface area contributed by atoms with Crippen LogP contribution in [0.4, 0.5) is 0 Å². The molecule has 1 rings (SSSR count). The van der Waals surface area contributed by atoms with Crippen LogP contribution in [0.2, 0.25) is 0 Å². The molecule has 0 bridgehead atoms. The van der Waals surface area contributed by atoms with Gasteiger partial charge in [-0.15, -0.1) is 6.58 Å². The highest BCUT2D eigenvalue weighted by Gasteiger charge is 2.08. The molecule has 0 saturated heterocycles. The average Bonchev–Trinajstić information content (AvgIpc) is 2.20. The molecule has 0 amide bonds. The van der Waals surface area contributed by atoms with Gasteiger partial charge in [0.05, 0.1) is 19.8 Å². The first-order chi connectivity index (χ1) is 6.86. The summed E-state index contributed by atoms with van der Waals surface area (Å²) in [7, 11) is 0. The van der Waals surface area contributed by atoms with E-state index in [1.165, 1.54) is 5.57 Å². The van der Waals surface area contributed by atoms with Crippen molar-refractivity contribution in [3.05, 3.63) is 24.3 Å². The van der Waals surface area contributed by atoms with Gasteiger partial charge < -0.3 is 9.84 Å². The maximum Gasteiger partial charge on any atom is 0.0689 e. The van der Waals surface area contributed by atoms with E-state index < -0.39 is 0 Å². The third-order valence-electron chi connectivity index (χ3n) is 2.21. The van der Waals surface area contributed by atoms with Gasteiger partial charge in [0.1, 0.15) is 0 Å². The fraction of sp³-hybridized carbons (Fsp3) is 0.636. The number of nitrogens with zero attached hydrogens (tertiary/aromatic N) is 1. The molecule has 0 saturated carbocycles. The molecule has 0 aromatic rings. The fourth-order valence-corrected chi connectivity index (χ4v) is 1.56. The molecule has 0 aromatic carbocycles. The minimum atomic E-state index is 0.196. The topological polar surface area (TPSA) is 32.7 Å². The quantitative estimate of drug-likeness (QED) is 0.640. The molecule has 0 unspecified atom stereocenters. The van der Waals surface area contributed by atoms with Gasteiger partial charge in [-0.25, -0.2) is 0 Å². The molecule has 0 aliphatic carbocycles. The summed E-state index contributed by atoms with van der Waals surface area (Å²) in [4.78, 5) is 2.16. The normalized spacial score (nSPS) is 16.9. The van der Waals surface area contributed by atoms with E-state index in [-0.39, 0.29) is 6.61 Å². The fourth-order valence-electron chi connectivity index (χ4n) is 1.56. The maximum absolute atomic E-state index is 8.87. The molecule has 3 nitrogen and oxygen atoms in total. The van der Waals surface area contributed by atoms with Gasteiger partial charge in [-0.1, -0.05) is 12.2 Å². The molecule has 0 spiro atoms. The van der Waals surface area contributed by atoms with E-state index in [1.54, 1.807) is 0 Å². The zero-order valence-corrected chi connectivity index (χ0v) is 8.61. The average molecular weight is 197 g/mol. The molecule has 0 atom stereocenters. The van der Waals surface area contributed by atoms with Gasteiger partial charge in [-0.3, -0.25) is 4.90 Å². The van der Waals surface area contributed by atoms with Gasteiger partial charge in [-0.2, -0.15) is 0 Å². The Morgan fingerprint density at radius 2 is 2.50 bits per heavy atom. The third-order valence-corrected chi connectivity index (χ3v) is 2.21. The summed E-state index contributed by atoms with van der Waals surface area (Å²) in [6.45, 7) is 7.87. The molecule has 1 heterocycles. The smallest absolute Gasteiger partial charge is 0.0689 e. The monoisotopic (exact) mass is 197 g/mol. The Morgan fingerprint density at radius 1 is 1.64 bits per heavy atom. The summed E-state index contributed by atoms with van der Waals surface area (Å²) in [6, 6.07) is 0. The van der Waals surface area contributed by atoms with Crippen LogP contribution in [-0.4, -0.2) is 49.5 Å². The first-order valence-electron chi connectivity index (χ1n) is 5.06. The van der Waals surface area contributed by atoms with Crippen LogP contribution >= 0.6 is 0 Å². The highest BCUT2D eigenvalue weighted by molar-refractivity contribution is 5.07. The second-order valence-corrected chi connectivity index (χ2v) is 3.45. The van der Waals surface area contributed by atoms with Crippen LogP contribution in [0.1, 0.15) is 6.42 Å². The standard InChI is InChI=1S/C11H19NO2/c1-2-5-12(6-7-13)9-11-4-3-8-14-10-11/h2,4,13H,1,3,5-10H2. The summed E-state index contributed by atoms with van der Waals surface area (Å²) in [5.74, 6) is 0. The summed E-state index contributed by atoms with van der Waals surface area (Å²) >= 11 is 0.